The van der Waals surface area contributed by atoms with Gasteiger partial charge in [0.05, 0.1) is 0 Å². The molecule has 0 aliphatic heterocycles. The fourth-order valence-electron chi connectivity index (χ4n) is 3.35. The monoisotopic (exact) mass is 356 g/mol. The number of hydrogen-bond acceptors (Lipinski definition) is 2. The van der Waals surface area contributed by atoms with Crippen LogP contribution < -0.4 is 0 Å². The summed E-state index contributed by atoms with van der Waals surface area (Å²) in [6, 6.07) is 3.72. The van der Waals surface area contributed by atoms with Crippen LogP contribution in [0.2, 0.25) is 0 Å². The van der Waals surface area contributed by atoms with Gasteiger partial charge in [0.2, 0.25) is 0 Å². The third-order valence-corrected chi connectivity index (χ3v) is 5.16. The number of unbranched alkanes of at least 4 members (excludes halogenated alkanes) is 5. The van der Waals surface area contributed by atoms with E-state index >= 15 is 0 Å². The highest BCUT2D eigenvalue weighted by Crippen LogP contribution is 2.31. The molecule has 0 amide bonds. The van der Waals surface area contributed by atoms with Crippen LogP contribution >= 0.6 is 0 Å². The maximum atomic E-state index is 13.4. The van der Waals surface area contributed by atoms with Crippen molar-refractivity contribution in [2.75, 3.05) is 14.2 Å². The van der Waals surface area contributed by atoms with E-state index in [1.807, 2.05) is 6.92 Å². The molecule has 144 valence electrons. The average Bonchev–Trinajstić information content (AvgIpc) is 2.59. The molecule has 1 aromatic carbocycles. The predicted octanol–water partition coefficient (Wildman–Crippen LogP) is 6.27. The highest BCUT2D eigenvalue weighted by molar-refractivity contribution is 5.18. The van der Waals surface area contributed by atoms with Crippen molar-refractivity contribution in [3.05, 3.63) is 35.4 Å². The summed E-state index contributed by atoms with van der Waals surface area (Å²) in [5, 5.41) is 0. The summed E-state index contributed by atoms with van der Waals surface area (Å²) >= 11 is 0. The number of rotatable bonds is 13. The van der Waals surface area contributed by atoms with Crippen LogP contribution in [0.5, 0.6) is 0 Å². The fraction of sp³-hybridized carbons (Fsp3) is 0.714. The molecule has 1 aromatic rings. The molecule has 0 saturated heterocycles. The minimum absolute atomic E-state index is 0.181. The molecule has 4 heteroatoms. The molecular formula is C21H34F2O2. The van der Waals surface area contributed by atoms with Crippen molar-refractivity contribution < 1.29 is 18.3 Å². The quantitative estimate of drug-likeness (QED) is 0.306. The van der Waals surface area contributed by atoms with E-state index in [0.717, 1.165) is 25.3 Å². The van der Waals surface area contributed by atoms with Crippen LogP contribution in [0.15, 0.2) is 18.2 Å². The average molecular weight is 356 g/mol. The smallest absolute Gasteiger partial charge is 0.167 e. The summed E-state index contributed by atoms with van der Waals surface area (Å²) < 4.78 is 38.0. The molecule has 1 atom stereocenters. The number of benzene rings is 1. The molecule has 0 heterocycles. The number of halogens is 2. The lowest BCUT2D eigenvalue weighted by atomic mass is 9.87. The van der Waals surface area contributed by atoms with Crippen LogP contribution in [0.4, 0.5) is 8.78 Å². The number of aryl methyl sites for hydroxylation is 1. The van der Waals surface area contributed by atoms with Crippen molar-refractivity contribution >= 4 is 0 Å². The number of hydrogen-bond donors (Lipinski definition) is 0. The van der Waals surface area contributed by atoms with Gasteiger partial charge in [0.25, 0.3) is 0 Å². The Morgan fingerprint density at radius 3 is 2.00 bits per heavy atom. The molecule has 1 unspecified atom stereocenters. The zero-order valence-corrected chi connectivity index (χ0v) is 16.2. The van der Waals surface area contributed by atoms with Crippen LogP contribution in [0.1, 0.15) is 70.8 Å². The minimum atomic E-state index is -0.671. The van der Waals surface area contributed by atoms with Crippen molar-refractivity contribution in [1.82, 2.24) is 0 Å². The number of ether oxygens (including phenoxy) is 2. The zero-order valence-electron chi connectivity index (χ0n) is 16.2. The van der Waals surface area contributed by atoms with Crippen molar-refractivity contribution in [2.45, 2.75) is 77.4 Å². The fourth-order valence-corrected chi connectivity index (χ4v) is 3.35. The van der Waals surface area contributed by atoms with Crippen LogP contribution in [-0.4, -0.2) is 20.0 Å². The van der Waals surface area contributed by atoms with Gasteiger partial charge in [0, 0.05) is 26.2 Å². The van der Waals surface area contributed by atoms with E-state index in [2.05, 4.69) is 6.92 Å². The summed E-state index contributed by atoms with van der Waals surface area (Å²) in [7, 11) is 3.30. The first kappa shape index (κ1) is 22.0. The molecule has 0 N–H and O–H groups in total. The maximum absolute atomic E-state index is 13.4. The lowest BCUT2D eigenvalue weighted by molar-refractivity contribution is -0.229. The second kappa shape index (κ2) is 11.6. The van der Waals surface area contributed by atoms with Gasteiger partial charge in [-0.15, -0.1) is 0 Å². The first-order valence-corrected chi connectivity index (χ1v) is 9.50. The van der Waals surface area contributed by atoms with Gasteiger partial charge in [-0.25, -0.2) is 8.78 Å². The Hall–Kier alpha value is -1.00. The van der Waals surface area contributed by atoms with Crippen molar-refractivity contribution in [3.8, 4) is 0 Å². The van der Waals surface area contributed by atoms with Gasteiger partial charge < -0.3 is 9.47 Å². The standard InChI is InChI=1S/C21H34F2O2/c1-5-6-7-8-9-10-11-18(21(2,24-3)25-4)13-12-17-14-19(22)16-20(23)15-17/h14-16,18H,5-13H2,1-4H3. The van der Waals surface area contributed by atoms with Gasteiger partial charge in [0.1, 0.15) is 11.6 Å². The lowest BCUT2D eigenvalue weighted by Crippen LogP contribution is -2.39. The SMILES string of the molecule is CCCCCCCCC(CCc1cc(F)cc(F)c1)C(C)(OC)OC. The zero-order chi connectivity index (χ0) is 18.7. The summed E-state index contributed by atoms with van der Waals surface area (Å²) in [4.78, 5) is 0. The van der Waals surface area contributed by atoms with Crippen LogP contribution in [0.3, 0.4) is 0 Å². The van der Waals surface area contributed by atoms with Gasteiger partial charge in [-0.2, -0.15) is 0 Å². The first-order valence-electron chi connectivity index (χ1n) is 9.50. The second-order valence-corrected chi connectivity index (χ2v) is 6.99. The molecule has 2 nitrogen and oxygen atoms in total. The van der Waals surface area contributed by atoms with Gasteiger partial charge >= 0.3 is 0 Å². The maximum Gasteiger partial charge on any atom is 0.167 e. The molecule has 1 rings (SSSR count). The molecule has 0 aromatic heterocycles. The Bertz CT molecular complexity index is 467. The molecule has 0 aliphatic rings. The van der Waals surface area contributed by atoms with Crippen LogP contribution in [0.25, 0.3) is 0 Å². The molecule has 25 heavy (non-hydrogen) atoms. The van der Waals surface area contributed by atoms with E-state index in [0.29, 0.717) is 12.0 Å². The summed E-state index contributed by atoms with van der Waals surface area (Å²) in [5.74, 6) is -1.54. The van der Waals surface area contributed by atoms with E-state index in [4.69, 9.17) is 9.47 Å². The normalized spacial score (nSPS) is 13.2. The van der Waals surface area contributed by atoms with E-state index in [9.17, 15) is 8.78 Å². The predicted molar refractivity (Wildman–Crippen MR) is 98.6 cm³/mol. The number of methoxy groups -OCH3 is 2. The van der Waals surface area contributed by atoms with Crippen molar-refractivity contribution in [1.29, 1.82) is 0 Å². The molecule has 0 radical (unpaired) electrons. The Morgan fingerprint density at radius 2 is 1.44 bits per heavy atom. The van der Waals surface area contributed by atoms with Crippen molar-refractivity contribution in [3.63, 3.8) is 0 Å². The first-order chi connectivity index (χ1) is 11.9. The molecule has 0 spiro atoms. The van der Waals surface area contributed by atoms with Gasteiger partial charge in [0.15, 0.2) is 5.79 Å². The molecule has 0 fully saturated rings. The highest BCUT2D eigenvalue weighted by Gasteiger charge is 2.33. The summed E-state index contributed by atoms with van der Waals surface area (Å²) in [5.41, 5.74) is 0.681. The van der Waals surface area contributed by atoms with E-state index in [1.54, 1.807) is 14.2 Å². The second-order valence-electron chi connectivity index (χ2n) is 6.99. The van der Waals surface area contributed by atoms with E-state index in [1.165, 1.54) is 44.2 Å². The Kier molecular flexibility index (Phi) is 10.2. The molecular weight excluding hydrogens is 322 g/mol. The summed E-state index contributed by atoms with van der Waals surface area (Å²) in [6.07, 6.45) is 9.78. The van der Waals surface area contributed by atoms with Crippen molar-refractivity contribution in [2.24, 2.45) is 5.92 Å². The van der Waals surface area contributed by atoms with Gasteiger partial charge in [-0.1, -0.05) is 45.4 Å². The van der Waals surface area contributed by atoms with Crippen LogP contribution in [-0.2, 0) is 15.9 Å². The Morgan fingerprint density at radius 1 is 0.880 bits per heavy atom. The third kappa shape index (κ3) is 7.83. The van der Waals surface area contributed by atoms with Gasteiger partial charge in [-0.05, 0) is 43.9 Å². The van der Waals surface area contributed by atoms with Crippen LogP contribution in [0, 0.1) is 17.6 Å². The molecule has 0 bridgehead atoms. The molecule has 0 aliphatic carbocycles. The topological polar surface area (TPSA) is 18.5 Å². The Balaban J connectivity index is 2.61. The lowest BCUT2D eigenvalue weighted by Gasteiger charge is -2.35. The van der Waals surface area contributed by atoms with E-state index < -0.39 is 17.4 Å². The molecule has 0 saturated carbocycles. The highest BCUT2D eigenvalue weighted by atomic mass is 19.1. The Labute approximate surface area is 151 Å². The third-order valence-electron chi connectivity index (χ3n) is 5.16. The van der Waals surface area contributed by atoms with E-state index in [-0.39, 0.29) is 5.92 Å². The van der Waals surface area contributed by atoms with Gasteiger partial charge in [-0.3, -0.25) is 0 Å². The minimum Gasteiger partial charge on any atom is -0.353 e. The summed E-state index contributed by atoms with van der Waals surface area (Å²) in [6.45, 7) is 4.16. The largest absolute Gasteiger partial charge is 0.353 e.